The normalized spacial score (nSPS) is 9.94. The van der Waals surface area contributed by atoms with E-state index in [0.29, 0.717) is 18.8 Å². The molecule has 0 aliphatic heterocycles. The Morgan fingerprint density at radius 1 is 1.31 bits per heavy atom. The molecule has 1 aromatic carbocycles. The van der Waals surface area contributed by atoms with E-state index in [1.54, 1.807) is 25.3 Å². The molecule has 0 atom stereocenters. The Morgan fingerprint density at radius 2 is 2.06 bits per heavy atom. The fourth-order valence-electron chi connectivity index (χ4n) is 1.39. The summed E-state index contributed by atoms with van der Waals surface area (Å²) in [6, 6.07) is 5.15. The minimum Gasteiger partial charge on any atom is -0.494 e. The predicted molar refractivity (Wildman–Crippen MR) is 59.7 cm³/mol. The van der Waals surface area contributed by atoms with Gasteiger partial charge < -0.3 is 14.2 Å². The summed E-state index contributed by atoms with van der Waals surface area (Å²) in [5.41, 5.74) is 1.34. The minimum atomic E-state index is -0.361. The first-order valence-corrected chi connectivity index (χ1v) is 5.05. The largest absolute Gasteiger partial charge is 0.494 e. The molecule has 1 rings (SSSR count). The standard InChI is InChI=1S/C12H16O4/c1-4-16-11-6-5-9(12(13)15-3)7-10(11)8-14-2/h5-7H,4,8H2,1-3H3. The van der Waals surface area contributed by atoms with E-state index in [2.05, 4.69) is 4.74 Å². The van der Waals surface area contributed by atoms with Crippen LogP contribution in [-0.2, 0) is 16.1 Å². The zero-order valence-electron chi connectivity index (χ0n) is 9.78. The summed E-state index contributed by atoms with van der Waals surface area (Å²) < 4.78 is 15.1. The molecule has 0 aliphatic rings. The zero-order chi connectivity index (χ0) is 12.0. The van der Waals surface area contributed by atoms with Crippen molar-refractivity contribution in [2.75, 3.05) is 20.8 Å². The molecule has 1 aromatic rings. The van der Waals surface area contributed by atoms with Gasteiger partial charge in [-0.2, -0.15) is 0 Å². The molecule has 0 aliphatic carbocycles. The molecule has 88 valence electrons. The summed E-state index contributed by atoms with van der Waals surface area (Å²) in [5, 5.41) is 0. The van der Waals surface area contributed by atoms with Crippen molar-refractivity contribution in [3.63, 3.8) is 0 Å². The first-order chi connectivity index (χ1) is 7.72. The van der Waals surface area contributed by atoms with Gasteiger partial charge in [0.25, 0.3) is 0 Å². The molecule has 16 heavy (non-hydrogen) atoms. The van der Waals surface area contributed by atoms with Gasteiger partial charge in [-0.3, -0.25) is 0 Å². The van der Waals surface area contributed by atoms with Crippen LogP contribution in [0.1, 0.15) is 22.8 Å². The molecule has 0 N–H and O–H groups in total. The number of esters is 1. The summed E-state index contributed by atoms with van der Waals surface area (Å²) >= 11 is 0. The SMILES string of the molecule is CCOc1ccc(C(=O)OC)cc1COC. The summed E-state index contributed by atoms with van der Waals surface area (Å²) in [7, 11) is 2.95. The third-order valence-electron chi connectivity index (χ3n) is 2.08. The van der Waals surface area contributed by atoms with Gasteiger partial charge in [0.2, 0.25) is 0 Å². The number of benzene rings is 1. The predicted octanol–water partition coefficient (Wildman–Crippen LogP) is 2.02. The summed E-state index contributed by atoms with van der Waals surface area (Å²) in [6.07, 6.45) is 0. The Bertz CT molecular complexity index is 360. The van der Waals surface area contributed by atoms with Crippen LogP contribution >= 0.6 is 0 Å². The van der Waals surface area contributed by atoms with Gasteiger partial charge in [0.05, 0.1) is 25.9 Å². The Morgan fingerprint density at radius 3 is 2.62 bits per heavy atom. The highest BCUT2D eigenvalue weighted by Gasteiger charge is 2.10. The third-order valence-corrected chi connectivity index (χ3v) is 2.08. The van der Waals surface area contributed by atoms with E-state index in [1.165, 1.54) is 7.11 Å². The van der Waals surface area contributed by atoms with Gasteiger partial charge >= 0.3 is 5.97 Å². The highest BCUT2D eigenvalue weighted by Crippen LogP contribution is 2.21. The summed E-state index contributed by atoms with van der Waals surface area (Å²) in [6.45, 7) is 2.89. The van der Waals surface area contributed by atoms with Gasteiger partial charge in [0.15, 0.2) is 0 Å². The first kappa shape index (κ1) is 12.5. The van der Waals surface area contributed by atoms with Crippen LogP contribution in [0, 0.1) is 0 Å². The monoisotopic (exact) mass is 224 g/mol. The molecule has 0 spiro atoms. The van der Waals surface area contributed by atoms with E-state index >= 15 is 0 Å². The Labute approximate surface area is 95.1 Å². The van der Waals surface area contributed by atoms with Crippen LogP contribution in [0.25, 0.3) is 0 Å². The van der Waals surface area contributed by atoms with Crippen LogP contribution in [0.3, 0.4) is 0 Å². The molecule has 0 heterocycles. The molecule has 0 aromatic heterocycles. The van der Waals surface area contributed by atoms with E-state index in [-0.39, 0.29) is 5.97 Å². The number of hydrogen-bond donors (Lipinski definition) is 0. The number of hydrogen-bond acceptors (Lipinski definition) is 4. The average molecular weight is 224 g/mol. The van der Waals surface area contributed by atoms with Crippen molar-refractivity contribution in [2.24, 2.45) is 0 Å². The van der Waals surface area contributed by atoms with Crippen molar-refractivity contribution < 1.29 is 19.0 Å². The van der Waals surface area contributed by atoms with Crippen LogP contribution in [0.4, 0.5) is 0 Å². The highest BCUT2D eigenvalue weighted by atomic mass is 16.5. The van der Waals surface area contributed by atoms with E-state index < -0.39 is 0 Å². The second kappa shape index (κ2) is 6.12. The number of ether oxygens (including phenoxy) is 3. The van der Waals surface area contributed by atoms with Gasteiger partial charge in [0.1, 0.15) is 5.75 Å². The molecule has 0 bridgehead atoms. The lowest BCUT2D eigenvalue weighted by molar-refractivity contribution is 0.0600. The van der Waals surface area contributed by atoms with Gasteiger partial charge in [0, 0.05) is 12.7 Å². The number of carbonyl (C=O) groups is 1. The average Bonchev–Trinajstić information content (AvgIpc) is 2.31. The second-order valence-corrected chi connectivity index (χ2v) is 3.18. The lowest BCUT2D eigenvalue weighted by atomic mass is 10.1. The van der Waals surface area contributed by atoms with E-state index in [0.717, 1.165) is 11.3 Å². The van der Waals surface area contributed by atoms with Crippen molar-refractivity contribution in [3.05, 3.63) is 29.3 Å². The number of methoxy groups -OCH3 is 2. The lowest BCUT2D eigenvalue weighted by Gasteiger charge is -2.10. The van der Waals surface area contributed by atoms with Gasteiger partial charge in [-0.15, -0.1) is 0 Å². The molecular formula is C12H16O4. The van der Waals surface area contributed by atoms with Crippen molar-refractivity contribution in [2.45, 2.75) is 13.5 Å². The maximum Gasteiger partial charge on any atom is 0.337 e. The van der Waals surface area contributed by atoms with Crippen molar-refractivity contribution >= 4 is 5.97 Å². The van der Waals surface area contributed by atoms with Gasteiger partial charge in [-0.25, -0.2) is 4.79 Å². The van der Waals surface area contributed by atoms with E-state index in [1.807, 2.05) is 6.92 Å². The molecule has 0 fully saturated rings. The molecule has 0 radical (unpaired) electrons. The van der Waals surface area contributed by atoms with Crippen LogP contribution in [0.5, 0.6) is 5.75 Å². The zero-order valence-corrected chi connectivity index (χ0v) is 9.78. The first-order valence-electron chi connectivity index (χ1n) is 5.05. The van der Waals surface area contributed by atoms with Gasteiger partial charge in [-0.1, -0.05) is 0 Å². The van der Waals surface area contributed by atoms with Crippen LogP contribution in [0.15, 0.2) is 18.2 Å². The maximum absolute atomic E-state index is 11.3. The number of rotatable bonds is 5. The van der Waals surface area contributed by atoms with Crippen LogP contribution in [0.2, 0.25) is 0 Å². The molecule has 0 saturated heterocycles. The molecule has 4 heteroatoms. The van der Waals surface area contributed by atoms with Crippen molar-refractivity contribution in [1.29, 1.82) is 0 Å². The van der Waals surface area contributed by atoms with Crippen molar-refractivity contribution in [3.8, 4) is 5.75 Å². The topological polar surface area (TPSA) is 44.8 Å². The molecule has 0 amide bonds. The summed E-state index contributed by atoms with van der Waals surface area (Å²) in [4.78, 5) is 11.3. The third kappa shape index (κ3) is 2.97. The Kier molecular flexibility index (Phi) is 4.79. The van der Waals surface area contributed by atoms with Crippen molar-refractivity contribution in [1.82, 2.24) is 0 Å². The van der Waals surface area contributed by atoms with E-state index in [4.69, 9.17) is 9.47 Å². The number of carbonyl (C=O) groups excluding carboxylic acids is 1. The minimum absolute atomic E-state index is 0.361. The highest BCUT2D eigenvalue weighted by molar-refractivity contribution is 5.89. The molecule has 0 saturated carbocycles. The second-order valence-electron chi connectivity index (χ2n) is 3.18. The Hall–Kier alpha value is -1.55. The Balaban J connectivity index is 3.01. The van der Waals surface area contributed by atoms with Gasteiger partial charge in [-0.05, 0) is 25.1 Å². The quantitative estimate of drug-likeness (QED) is 0.718. The van der Waals surface area contributed by atoms with Crippen LogP contribution < -0.4 is 4.74 Å². The maximum atomic E-state index is 11.3. The van der Waals surface area contributed by atoms with E-state index in [9.17, 15) is 4.79 Å². The van der Waals surface area contributed by atoms with Crippen LogP contribution in [-0.4, -0.2) is 26.8 Å². The molecule has 0 unspecified atom stereocenters. The molecule has 4 nitrogen and oxygen atoms in total. The smallest absolute Gasteiger partial charge is 0.337 e. The lowest BCUT2D eigenvalue weighted by Crippen LogP contribution is -2.04. The fraction of sp³-hybridized carbons (Fsp3) is 0.417. The fourth-order valence-corrected chi connectivity index (χ4v) is 1.39. The summed E-state index contributed by atoms with van der Waals surface area (Å²) in [5.74, 6) is 0.373. The molecular weight excluding hydrogens is 208 g/mol.